The Kier molecular flexibility index (Phi) is 5.09. The highest BCUT2D eigenvalue weighted by Crippen LogP contribution is 2.37. The standard InChI is InChI=1S/C19H18N4O5S/c1-25-14-7-11(8-15(26-2)17(14)24)9-20-23-18(21-22-19(23)29)16-10-27-12-5-3-4-6-13(12)28-16/h3-9,16,24H,10H2,1-2H3,(H,22,29)/b20-9+/t16-/m0/s1. The van der Waals surface area contributed by atoms with Crippen molar-refractivity contribution in [1.82, 2.24) is 14.9 Å². The Morgan fingerprint density at radius 1 is 1.24 bits per heavy atom. The van der Waals surface area contributed by atoms with Gasteiger partial charge in [0.2, 0.25) is 10.5 Å². The molecule has 1 aliphatic heterocycles. The zero-order valence-corrected chi connectivity index (χ0v) is 16.5. The van der Waals surface area contributed by atoms with Crippen LogP contribution in [0.5, 0.6) is 28.7 Å². The molecule has 0 radical (unpaired) electrons. The van der Waals surface area contributed by atoms with Crippen molar-refractivity contribution in [2.75, 3.05) is 20.8 Å². The Bertz CT molecular complexity index is 1100. The summed E-state index contributed by atoms with van der Waals surface area (Å²) in [7, 11) is 2.91. The number of aromatic hydroxyl groups is 1. The van der Waals surface area contributed by atoms with Crippen LogP contribution in [0.15, 0.2) is 41.5 Å². The number of fused-ring (bicyclic) bond motifs is 1. The minimum absolute atomic E-state index is 0.0841. The Morgan fingerprint density at radius 2 is 1.93 bits per heavy atom. The van der Waals surface area contributed by atoms with Crippen LogP contribution in [0.25, 0.3) is 0 Å². The lowest BCUT2D eigenvalue weighted by molar-refractivity contribution is 0.0826. The van der Waals surface area contributed by atoms with E-state index in [9.17, 15) is 5.11 Å². The molecule has 0 unspecified atom stereocenters. The van der Waals surface area contributed by atoms with E-state index in [1.807, 2.05) is 24.3 Å². The smallest absolute Gasteiger partial charge is 0.216 e. The van der Waals surface area contributed by atoms with Crippen LogP contribution in [0.2, 0.25) is 0 Å². The molecular weight excluding hydrogens is 396 g/mol. The van der Waals surface area contributed by atoms with Crippen LogP contribution >= 0.6 is 12.2 Å². The molecule has 9 nitrogen and oxygen atoms in total. The predicted octanol–water partition coefficient (Wildman–Crippen LogP) is 3.06. The number of phenols is 1. The van der Waals surface area contributed by atoms with Crippen LogP contribution in [-0.2, 0) is 0 Å². The Labute approximate surface area is 171 Å². The second-order valence-electron chi connectivity index (χ2n) is 6.08. The monoisotopic (exact) mass is 414 g/mol. The highest BCUT2D eigenvalue weighted by molar-refractivity contribution is 7.71. The number of ether oxygens (including phenoxy) is 4. The van der Waals surface area contributed by atoms with Crippen LogP contribution in [0.1, 0.15) is 17.5 Å². The van der Waals surface area contributed by atoms with Gasteiger partial charge in [-0.1, -0.05) is 12.1 Å². The molecule has 0 saturated carbocycles. The van der Waals surface area contributed by atoms with Crippen molar-refractivity contribution >= 4 is 18.4 Å². The molecule has 0 spiro atoms. The van der Waals surface area contributed by atoms with E-state index >= 15 is 0 Å². The molecule has 0 fully saturated rings. The summed E-state index contributed by atoms with van der Waals surface area (Å²) in [5.41, 5.74) is 0.636. The number of para-hydroxylation sites is 2. The maximum atomic E-state index is 10.0. The first-order valence-electron chi connectivity index (χ1n) is 8.66. The van der Waals surface area contributed by atoms with Gasteiger partial charge < -0.3 is 24.1 Å². The molecule has 2 heterocycles. The SMILES string of the molecule is COc1cc(/C=N/n2c([C@@H]3COc4ccccc4O3)n[nH]c2=S)cc(OC)c1O. The molecule has 1 aromatic heterocycles. The zero-order chi connectivity index (χ0) is 20.4. The number of nitrogens with zero attached hydrogens (tertiary/aromatic N) is 3. The minimum atomic E-state index is -0.487. The lowest BCUT2D eigenvalue weighted by atomic mass is 10.2. The summed E-state index contributed by atoms with van der Waals surface area (Å²) in [6.45, 7) is 0.271. The molecule has 3 aromatic rings. The van der Waals surface area contributed by atoms with Crippen molar-refractivity contribution in [3.63, 3.8) is 0 Å². The summed E-state index contributed by atoms with van der Waals surface area (Å²) in [6, 6.07) is 10.7. The molecule has 0 aliphatic carbocycles. The van der Waals surface area contributed by atoms with Crippen molar-refractivity contribution in [2.24, 2.45) is 5.10 Å². The molecule has 0 bridgehead atoms. The van der Waals surface area contributed by atoms with Crippen LogP contribution in [0, 0.1) is 4.77 Å². The molecule has 0 saturated heterocycles. The van der Waals surface area contributed by atoms with E-state index < -0.39 is 6.10 Å². The molecule has 1 atom stereocenters. The van der Waals surface area contributed by atoms with E-state index in [0.29, 0.717) is 27.7 Å². The normalized spacial score (nSPS) is 15.4. The van der Waals surface area contributed by atoms with Gasteiger partial charge in [0.15, 0.2) is 34.9 Å². The van der Waals surface area contributed by atoms with Gasteiger partial charge in [-0.05, 0) is 36.5 Å². The summed E-state index contributed by atoms with van der Waals surface area (Å²) in [4.78, 5) is 0. The van der Waals surface area contributed by atoms with Gasteiger partial charge in [0, 0.05) is 5.56 Å². The van der Waals surface area contributed by atoms with Crippen LogP contribution < -0.4 is 18.9 Å². The van der Waals surface area contributed by atoms with Gasteiger partial charge in [0.05, 0.1) is 20.4 Å². The number of benzene rings is 2. The van der Waals surface area contributed by atoms with E-state index in [1.165, 1.54) is 18.9 Å². The number of H-pyrrole nitrogens is 1. The second kappa shape index (κ2) is 7.84. The second-order valence-corrected chi connectivity index (χ2v) is 6.47. The summed E-state index contributed by atoms with van der Waals surface area (Å²) in [6.07, 6.45) is 1.07. The summed E-state index contributed by atoms with van der Waals surface area (Å²) in [5.74, 6) is 2.22. The van der Waals surface area contributed by atoms with Gasteiger partial charge in [-0.15, -0.1) is 0 Å². The van der Waals surface area contributed by atoms with Crippen molar-refractivity contribution < 1.29 is 24.1 Å². The van der Waals surface area contributed by atoms with Crippen molar-refractivity contribution in [3.05, 3.63) is 52.6 Å². The number of methoxy groups -OCH3 is 2. The molecule has 4 rings (SSSR count). The van der Waals surface area contributed by atoms with Gasteiger partial charge in [-0.2, -0.15) is 14.9 Å². The third-order valence-electron chi connectivity index (χ3n) is 4.30. The average Bonchev–Trinajstić information content (AvgIpc) is 3.12. The first-order valence-corrected chi connectivity index (χ1v) is 9.06. The molecule has 0 amide bonds. The lowest BCUT2D eigenvalue weighted by Crippen LogP contribution is -2.24. The van der Waals surface area contributed by atoms with Gasteiger partial charge in [0.1, 0.15) is 6.61 Å². The van der Waals surface area contributed by atoms with Crippen molar-refractivity contribution in [3.8, 4) is 28.7 Å². The van der Waals surface area contributed by atoms with E-state index in [1.54, 1.807) is 18.3 Å². The molecule has 150 valence electrons. The number of phenolic OH excluding ortho intramolecular Hbond substituents is 1. The third kappa shape index (κ3) is 3.61. The molecule has 29 heavy (non-hydrogen) atoms. The Morgan fingerprint density at radius 3 is 2.62 bits per heavy atom. The molecule has 2 aromatic carbocycles. The van der Waals surface area contributed by atoms with Gasteiger partial charge in [-0.3, -0.25) is 0 Å². The Balaban J connectivity index is 1.65. The van der Waals surface area contributed by atoms with E-state index in [0.717, 1.165) is 0 Å². The highest BCUT2D eigenvalue weighted by Gasteiger charge is 2.27. The van der Waals surface area contributed by atoms with Crippen molar-refractivity contribution in [1.29, 1.82) is 0 Å². The van der Waals surface area contributed by atoms with Crippen LogP contribution in [0.3, 0.4) is 0 Å². The molecular formula is C19H18N4O5S. The minimum Gasteiger partial charge on any atom is -0.502 e. The van der Waals surface area contributed by atoms with E-state index in [4.69, 9.17) is 31.2 Å². The average molecular weight is 414 g/mol. The van der Waals surface area contributed by atoms with E-state index in [-0.39, 0.29) is 23.9 Å². The zero-order valence-electron chi connectivity index (χ0n) is 15.7. The van der Waals surface area contributed by atoms with Gasteiger partial charge >= 0.3 is 0 Å². The highest BCUT2D eigenvalue weighted by atomic mass is 32.1. The quantitative estimate of drug-likeness (QED) is 0.488. The first-order chi connectivity index (χ1) is 14.1. The van der Waals surface area contributed by atoms with E-state index in [2.05, 4.69) is 15.3 Å². The fourth-order valence-electron chi connectivity index (χ4n) is 2.88. The fourth-order valence-corrected chi connectivity index (χ4v) is 3.07. The van der Waals surface area contributed by atoms with Gasteiger partial charge in [-0.25, -0.2) is 5.10 Å². The summed E-state index contributed by atoms with van der Waals surface area (Å²) in [5, 5.41) is 21.4. The topological polar surface area (TPSA) is 103 Å². The number of hydrogen-bond acceptors (Lipinski definition) is 8. The number of hydrogen-bond donors (Lipinski definition) is 2. The fraction of sp³-hybridized carbons (Fsp3) is 0.211. The number of aromatic nitrogens is 3. The number of rotatable bonds is 5. The summed E-state index contributed by atoms with van der Waals surface area (Å²) < 4.78 is 23.8. The maximum Gasteiger partial charge on any atom is 0.216 e. The van der Waals surface area contributed by atoms with Gasteiger partial charge in [0.25, 0.3) is 0 Å². The first kappa shape index (κ1) is 18.8. The predicted molar refractivity (Wildman–Crippen MR) is 107 cm³/mol. The summed E-state index contributed by atoms with van der Waals surface area (Å²) >= 11 is 5.30. The Hall–Kier alpha value is -3.53. The molecule has 10 heteroatoms. The van der Waals surface area contributed by atoms with Crippen molar-refractivity contribution in [2.45, 2.75) is 6.10 Å². The lowest BCUT2D eigenvalue weighted by Gasteiger charge is -2.25. The maximum absolute atomic E-state index is 10.0. The van der Waals surface area contributed by atoms with Crippen LogP contribution in [-0.4, -0.2) is 47.0 Å². The third-order valence-corrected chi connectivity index (χ3v) is 4.56. The largest absolute Gasteiger partial charge is 0.502 e. The van der Waals surface area contributed by atoms with Crippen LogP contribution in [0.4, 0.5) is 0 Å². The number of nitrogens with one attached hydrogen (secondary N) is 1. The number of aromatic amines is 1. The molecule has 2 N–H and O–H groups in total. The molecule has 1 aliphatic rings.